The average molecular weight is 464 g/mol. The number of amides is 1. The van der Waals surface area contributed by atoms with Crippen LogP contribution in [-0.2, 0) is 9.59 Å². The number of carbonyl (C=O) groups excluding carboxylic acids is 2. The second kappa shape index (κ2) is 11.9. The summed E-state index contributed by atoms with van der Waals surface area (Å²) in [7, 11) is 2.89. The Labute approximate surface area is 191 Å². The van der Waals surface area contributed by atoms with Crippen LogP contribution in [0.4, 0.5) is 11.4 Å². The highest BCUT2D eigenvalue weighted by atomic mass is 35.5. The lowest BCUT2D eigenvalue weighted by Crippen LogP contribution is -2.32. The van der Waals surface area contributed by atoms with Gasteiger partial charge >= 0.3 is 0 Å². The lowest BCUT2D eigenvalue weighted by molar-refractivity contribution is -0.126. The second-order valence-corrected chi connectivity index (χ2v) is 6.75. The fourth-order valence-electron chi connectivity index (χ4n) is 2.73. The minimum atomic E-state index is -1.40. The van der Waals surface area contributed by atoms with Gasteiger partial charge in [0.05, 0.1) is 33.1 Å². The van der Waals surface area contributed by atoms with Crippen molar-refractivity contribution in [3.8, 4) is 23.0 Å². The van der Waals surface area contributed by atoms with Crippen molar-refractivity contribution >= 4 is 34.7 Å². The van der Waals surface area contributed by atoms with Crippen LogP contribution in [0.3, 0.4) is 0 Å². The number of ether oxygens (including phenoxy) is 4. The van der Waals surface area contributed by atoms with Crippen LogP contribution < -0.4 is 24.3 Å². The number of hydrogen-bond acceptors (Lipinski definition) is 8. The first-order valence-corrected chi connectivity index (χ1v) is 10.3. The van der Waals surface area contributed by atoms with E-state index in [1.807, 2.05) is 13.8 Å². The largest absolute Gasteiger partial charge is 0.494 e. The van der Waals surface area contributed by atoms with E-state index in [1.54, 1.807) is 24.3 Å². The van der Waals surface area contributed by atoms with E-state index in [0.717, 1.165) is 0 Å². The van der Waals surface area contributed by atoms with Gasteiger partial charge in [-0.25, -0.2) is 0 Å². The van der Waals surface area contributed by atoms with E-state index in [4.69, 9.17) is 30.5 Å². The summed E-state index contributed by atoms with van der Waals surface area (Å²) < 4.78 is 21.4. The second-order valence-electron chi connectivity index (χ2n) is 6.38. The summed E-state index contributed by atoms with van der Waals surface area (Å²) in [5, 5.41) is 10.8. The standard InChI is InChI=1S/C22H26ClN3O6/c1-6-31-14-8-10-17(32-7-2)16(12-14)25-26-20(13(3)27)22(28)24-15-9-11-18(29-4)21(30-5)19(15)23/h8-12,20H,6-7H2,1-5H3,(H,24,28). The summed E-state index contributed by atoms with van der Waals surface area (Å²) in [6.07, 6.45) is 0. The summed E-state index contributed by atoms with van der Waals surface area (Å²) >= 11 is 6.31. The van der Waals surface area contributed by atoms with Gasteiger partial charge in [0, 0.05) is 6.07 Å². The van der Waals surface area contributed by atoms with Gasteiger partial charge in [0.15, 0.2) is 17.3 Å². The zero-order valence-corrected chi connectivity index (χ0v) is 19.4. The number of hydrogen-bond donors (Lipinski definition) is 1. The van der Waals surface area contributed by atoms with Crippen molar-refractivity contribution in [1.29, 1.82) is 0 Å². The van der Waals surface area contributed by atoms with Crippen LogP contribution in [0.25, 0.3) is 0 Å². The molecule has 0 heterocycles. The Bertz CT molecular complexity index is 996. The molecule has 1 atom stereocenters. The molecule has 1 N–H and O–H groups in total. The molecule has 2 aromatic rings. The maximum atomic E-state index is 12.8. The number of halogens is 1. The molecule has 0 bridgehead atoms. The Hall–Kier alpha value is -3.33. The molecule has 1 unspecified atom stereocenters. The molecule has 10 heteroatoms. The van der Waals surface area contributed by atoms with Gasteiger partial charge in [0.2, 0.25) is 6.04 Å². The van der Waals surface area contributed by atoms with Gasteiger partial charge in [-0.2, -0.15) is 10.2 Å². The van der Waals surface area contributed by atoms with Crippen LogP contribution >= 0.6 is 11.6 Å². The molecule has 9 nitrogen and oxygen atoms in total. The molecule has 1 amide bonds. The fraction of sp³-hybridized carbons (Fsp3) is 0.364. The van der Waals surface area contributed by atoms with Crippen LogP contribution in [0.5, 0.6) is 23.0 Å². The van der Waals surface area contributed by atoms with Crippen molar-refractivity contribution in [3.05, 3.63) is 35.4 Å². The van der Waals surface area contributed by atoms with E-state index in [9.17, 15) is 9.59 Å². The topological polar surface area (TPSA) is 108 Å². The molecule has 0 radical (unpaired) electrons. The predicted molar refractivity (Wildman–Crippen MR) is 121 cm³/mol. The van der Waals surface area contributed by atoms with Crippen molar-refractivity contribution in [2.24, 2.45) is 10.2 Å². The van der Waals surface area contributed by atoms with Gasteiger partial charge in [0.25, 0.3) is 5.91 Å². The molecular weight excluding hydrogens is 438 g/mol. The Balaban J connectivity index is 2.32. The number of nitrogens with one attached hydrogen (secondary N) is 1. The minimum absolute atomic E-state index is 0.127. The Morgan fingerprint density at radius 2 is 1.72 bits per heavy atom. The van der Waals surface area contributed by atoms with Crippen LogP contribution in [0.15, 0.2) is 40.6 Å². The van der Waals surface area contributed by atoms with E-state index in [-0.39, 0.29) is 16.5 Å². The third kappa shape index (κ3) is 6.10. The predicted octanol–water partition coefficient (Wildman–Crippen LogP) is 4.83. The molecule has 2 rings (SSSR count). The maximum Gasteiger partial charge on any atom is 0.258 e. The molecule has 0 aliphatic carbocycles. The molecule has 0 fully saturated rings. The highest BCUT2D eigenvalue weighted by Gasteiger charge is 2.25. The SMILES string of the molecule is CCOc1ccc(OCC)c(N=NC(C(C)=O)C(=O)Nc2ccc(OC)c(OC)c2Cl)c1. The summed E-state index contributed by atoms with van der Waals surface area (Å²) in [5.74, 6) is 0.463. The third-order valence-electron chi connectivity index (χ3n) is 4.20. The number of ketones is 1. The molecule has 2 aromatic carbocycles. The van der Waals surface area contributed by atoms with Crippen molar-refractivity contribution in [2.75, 3.05) is 32.8 Å². The summed E-state index contributed by atoms with van der Waals surface area (Å²) in [6, 6.07) is 6.77. The van der Waals surface area contributed by atoms with Crippen LogP contribution in [-0.4, -0.2) is 45.2 Å². The number of anilines is 1. The van der Waals surface area contributed by atoms with E-state index >= 15 is 0 Å². The molecule has 32 heavy (non-hydrogen) atoms. The molecule has 0 aliphatic rings. The molecular formula is C22H26ClN3O6. The van der Waals surface area contributed by atoms with Gasteiger partial charge in [-0.15, -0.1) is 0 Å². The normalized spacial score (nSPS) is 11.7. The van der Waals surface area contributed by atoms with E-state index < -0.39 is 17.7 Å². The maximum absolute atomic E-state index is 12.8. The van der Waals surface area contributed by atoms with Gasteiger partial charge in [-0.05, 0) is 45.0 Å². The Kier molecular flexibility index (Phi) is 9.27. The van der Waals surface area contributed by atoms with Gasteiger partial charge < -0.3 is 24.3 Å². The number of Topliss-reactive ketones (excluding diaryl/α,β-unsaturated/α-hetero) is 1. The van der Waals surface area contributed by atoms with E-state index in [2.05, 4.69) is 15.5 Å². The number of rotatable bonds is 11. The molecule has 172 valence electrons. The monoisotopic (exact) mass is 463 g/mol. The van der Waals surface area contributed by atoms with Gasteiger partial charge in [-0.1, -0.05) is 11.6 Å². The number of azo groups is 1. The summed E-state index contributed by atoms with van der Waals surface area (Å²) in [4.78, 5) is 24.9. The molecule has 0 saturated heterocycles. The number of benzene rings is 2. The number of carbonyl (C=O) groups is 2. The summed E-state index contributed by atoms with van der Waals surface area (Å²) in [6.45, 7) is 5.81. The van der Waals surface area contributed by atoms with E-state index in [1.165, 1.54) is 27.2 Å². The number of methoxy groups -OCH3 is 2. The lowest BCUT2D eigenvalue weighted by Gasteiger charge is -2.15. The van der Waals surface area contributed by atoms with Gasteiger partial charge in [0.1, 0.15) is 22.2 Å². The molecule has 0 aromatic heterocycles. The van der Waals surface area contributed by atoms with Crippen molar-refractivity contribution in [2.45, 2.75) is 26.8 Å². The Morgan fingerprint density at radius 3 is 2.31 bits per heavy atom. The first-order chi connectivity index (χ1) is 15.4. The number of nitrogens with zero attached hydrogens (tertiary/aromatic N) is 2. The van der Waals surface area contributed by atoms with Crippen LogP contribution in [0.2, 0.25) is 5.02 Å². The highest BCUT2D eigenvalue weighted by molar-refractivity contribution is 6.35. The average Bonchev–Trinajstić information content (AvgIpc) is 2.76. The van der Waals surface area contributed by atoms with Crippen molar-refractivity contribution in [3.63, 3.8) is 0 Å². The fourth-order valence-corrected chi connectivity index (χ4v) is 3.02. The highest BCUT2D eigenvalue weighted by Crippen LogP contribution is 2.40. The van der Waals surface area contributed by atoms with Crippen LogP contribution in [0, 0.1) is 0 Å². The first kappa shape index (κ1) is 24.9. The lowest BCUT2D eigenvalue weighted by atomic mass is 10.2. The summed E-state index contributed by atoms with van der Waals surface area (Å²) in [5.41, 5.74) is 0.574. The zero-order valence-electron chi connectivity index (χ0n) is 18.6. The van der Waals surface area contributed by atoms with Crippen molar-refractivity contribution in [1.82, 2.24) is 0 Å². The molecule has 0 aliphatic heterocycles. The first-order valence-electron chi connectivity index (χ1n) is 9.88. The van der Waals surface area contributed by atoms with Gasteiger partial charge in [-0.3, -0.25) is 9.59 Å². The quantitative estimate of drug-likeness (QED) is 0.377. The molecule has 0 spiro atoms. The Morgan fingerprint density at radius 1 is 1.03 bits per heavy atom. The van der Waals surface area contributed by atoms with E-state index in [0.29, 0.717) is 36.1 Å². The zero-order chi connectivity index (χ0) is 23.7. The molecule has 0 saturated carbocycles. The van der Waals surface area contributed by atoms with Crippen molar-refractivity contribution < 1.29 is 28.5 Å². The third-order valence-corrected chi connectivity index (χ3v) is 4.57. The van der Waals surface area contributed by atoms with Crippen LogP contribution in [0.1, 0.15) is 20.8 Å². The minimum Gasteiger partial charge on any atom is -0.494 e. The smallest absolute Gasteiger partial charge is 0.258 e.